The second-order valence-electron chi connectivity index (χ2n) is 2.69. The van der Waals surface area contributed by atoms with E-state index in [2.05, 4.69) is 11.0 Å². The molecule has 0 atom stereocenters. The monoisotopic (exact) mass is 177 g/mol. The number of benzene rings is 1. The summed E-state index contributed by atoms with van der Waals surface area (Å²) in [6, 6.07) is 7.65. The van der Waals surface area contributed by atoms with Crippen molar-refractivity contribution in [1.82, 2.24) is 0 Å². The van der Waals surface area contributed by atoms with Gasteiger partial charge in [-0.2, -0.15) is 5.26 Å². The van der Waals surface area contributed by atoms with Crippen molar-refractivity contribution in [3.8, 4) is 6.07 Å². The van der Waals surface area contributed by atoms with Gasteiger partial charge in [-0.3, -0.25) is 0 Å². The van der Waals surface area contributed by atoms with Gasteiger partial charge in [-0.05, 0) is 24.1 Å². The zero-order valence-corrected chi connectivity index (χ0v) is 7.70. The Morgan fingerprint density at radius 3 is 2.77 bits per heavy atom. The highest BCUT2D eigenvalue weighted by Crippen LogP contribution is 2.10. The third kappa shape index (κ3) is 2.55. The van der Waals surface area contributed by atoms with E-state index in [1.165, 1.54) is 7.11 Å². The Bertz CT molecular complexity index is 328. The number of rotatable bonds is 3. The smallest absolute Gasteiger partial charge is 0.107 e. The summed E-state index contributed by atoms with van der Waals surface area (Å²) in [6.07, 6.45) is 0. The molecule has 0 saturated heterocycles. The molecule has 0 spiro atoms. The lowest BCUT2D eigenvalue weighted by Crippen LogP contribution is -1.92. The zero-order chi connectivity index (χ0) is 9.68. The lowest BCUT2D eigenvalue weighted by atomic mass is 10.1. The van der Waals surface area contributed by atoms with Crippen molar-refractivity contribution < 1.29 is 9.78 Å². The Labute approximate surface area is 77.4 Å². The summed E-state index contributed by atoms with van der Waals surface area (Å²) in [4.78, 5) is 9.24. The van der Waals surface area contributed by atoms with Gasteiger partial charge in [0.2, 0.25) is 0 Å². The van der Waals surface area contributed by atoms with Gasteiger partial charge in [-0.25, -0.2) is 9.78 Å². The maximum absolute atomic E-state index is 8.68. The minimum atomic E-state index is 0.406. The Morgan fingerprint density at radius 1 is 1.46 bits per heavy atom. The molecule has 0 aliphatic heterocycles. The number of hydrogen-bond donors (Lipinski definition) is 0. The molecular formula is C10H11NO2. The molecule has 0 aromatic heterocycles. The summed E-state index contributed by atoms with van der Waals surface area (Å²) in [5.41, 5.74) is 2.65. The fourth-order valence-electron chi connectivity index (χ4n) is 1.07. The molecule has 0 aliphatic rings. The van der Waals surface area contributed by atoms with Crippen molar-refractivity contribution in [2.45, 2.75) is 13.5 Å². The van der Waals surface area contributed by atoms with E-state index < -0.39 is 0 Å². The van der Waals surface area contributed by atoms with Crippen LogP contribution in [-0.4, -0.2) is 7.11 Å². The third-order valence-corrected chi connectivity index (χ3v) is 1.75. The van der Waals surface area contributed by atoms with E-state index in [0.29, 0.717) is 12.2 Å². The van der Waals surface area contributed by atoms with Gasteiger partial charge in [0.25, 0.3) is 0 Å². The van der Waals surface area contributed by atoms with Crippen LogP contribution >= 0.6 is 0 Å². The normalized spacial score (nSPS) is 9.62. The summed E-state index contributed by atoms with van der Waals surface area (Å²) in [5.74, 6) is 0. The Kier molecular flexibility index (Phi) is 3.44. The molecule has 1 aromatic carbocycles. The first kappa shape index (κ1) is 9.72. The van der Waals surface area contributed by atoms with Crippen LogP contribution in [0.5, 0.6) is 0 Å². The average molecular weight is 177 g/mol. The van der Waals surface area contributed by atoms with Crippen LogP contribution in [0.4, 0.5) is 0 Å². The first-order chi connectivity index (χ1) is 6.27. The minimum Gasteiger partial charge on any atom is -0.240 e. The van der Waals surface area contributed by atoms with Crippen LogP contribution in [0.3, 0.4) is 0 Å². The van der Waals surface area contributed by atoms with E-state index in [4.69, 9.17) is 10.1 Å². The van der Waals surface area contributed by atoms with Crippen molar-refractivity contribution in [1.29, 1.82) is 5.26 Å². The number of aryl methyl sites for hydroxylation is 1. The van der Waals surface area contributed by atoms with Gasteiger partial charge >= 0.3 is 0 Å². The van der Waals surface area contributed by atoms with Crippen molar-refractivity contribution in [2.24, 2.45) is 0 Å². The standard InChI is InChI=1S/C10H11NO2/c1-8-5-9(7-13-12-2)3-4-10(8)6-11/h3-5H,7H2,1-2H3. The quantitative estimate of drug-likeness (QED) is 0.523. The van der Waals surface area contributed by atoms with E-state index in [9.17, 15) is 0 Å². The van der Waals surface area contributed by atoms with Crippen molar-refractivity contribution in [3.63, 3.8) is 0 Å². The number of nitriles is 1. The second kappa shape index (κ2) is 4.61. The molecule has 0 N–H and O–H groups in total. The van der Waals surface area contributed by atoms with Crippen molar-refractivity contribution in [3.05, 3.63) is 34.9 Å². The van der Waals surface area contributed by atoms with Crippen LogP contribution in [0.1, 0.15) is 16.7 Å². The van der Waals surface area contributed by atoms with Crippen LogP contribution in [0.15, 0.2) is 18.2 Å². The van der Waals surface area contributed by atoms with Gasteiger partial charge < -0.3 is 0 Å². The van der Waals surface area contributed by atoms with Crippen LogP contribution in [0, 0.1) is 18.3 Å². The molecule has 0 fully saturated rings. The molecule has 0 heterocycles. The van der Waals surface area contributed by atoms with E-state index in [-0.39, 0.29) is 0 Å². The molecule has 0 saturated carbocycles. The fourth-order valence-corrected chi connectivity index (χ4v) is 1.07. The molecule has 0 radical (unpaired) electrons. The van der Waals surface area contributed by atoms with Crippen LogP contribution in [-0.2, 0) is 16.4 Å². The number of hydrogen-bond acceptors (Lipinski definition) is 3. The van der Waals surface area contributed by atoms with Gasteiger partial charge in [0.15, 0.2) is 0 Å². The van der Waals surface area contributed by atoms with Gasteiger partial charge in [-0.1, -0.05) is 12.1 Å². The predicted octanol–water partition coefficient (Wildman–Crippen LogP) is 1.94. The Morgan fingerprint density at radius 2 is 2.23 bits per heavy atom. The maximum Gasteiger partial charge on any atom is 0.107 e. The van der Waals surface area contributed by atoms with E-state index in [0.717, 1.165) is 11.1 Å². The average Bonchev–Trinajstić information content (AvgIpc) is 2.15. The first-order valence-electron chi connectivity index (χ1n) is 3.93. The van der Waals surface area contributed by atoms with Crippen LogP contribution in [0.2, 0.25) is 0 Å². The molecule has 3 nitrogen and oxygen atoms in total. The molecule has 1 aromatic rings. The molecule has 0 unspecified atom stereocenters. The summed E-state index contributed by atoms with van der Waals surface area (Å²) in [6.45, 7) is 2.30. The molecule has 1 rings (SSSR count). The highest BCUT2D eigenvalue weighted by Gasteiger charge is 1.98. The largest absolute Gasteiger partial charge is 0.240 e. The fraction of sp³-hybridized carbons (Fsp3) is 0.300. The third-order valence-electron chi connectivity index (χ3n) is 1.75. The predicted molar refractivity (Wildman–Crippen MR) is 47.7 cm³/mol. The van der Waals surface area contributed by atoms with E-state index >= 15 is 0 Å². The highest BCUT2D eigenvalue weighted by molar-refractivity contribution is 5.39. The van der Waals surface area contributed by atoms with Gasteiger partial charge in [-0.15, -0.1) is 0 Å². The molecule has 0 amide bonds. The number of nitrogens with zero attached hydrogens (tertiary/aromatic N) is 1. The lowest BCUT2D eigenvalue weighted by molar-refractivity contribution is -0.282. The van der Waals surface area contributed by atoms with Crippen LogP contribution < -0.4 is 0 Å². The second-order valence-corrected chi connectivity index (χ2v) is 2.69. The highest BCUT2D eigenvalue weighted by atomic mass is 17.2. The van der Waals surface area contributed by atoms with Crippen molar-refractivity contribution >= 4 is 0 Å². The molecule has 3 heteroatoms. The lowest BCUT2D eigenvalue weighted by Gasteiger charge is -2.02. The summed E-state index contributed by atoms with van der Waals surface area (Å²) in [5, 5.41) is 8.68. The molecular weight excluding hydrogens is 166 g/mol. The van der Waals surface area contributed by atoms with E-state index in [1.807, 2.05) is 19.1 Å². The topological polar surface area (TPSA) is 42.2 Å². The van der Waals surface area contributed by atoms with Crippen molar-refractivity contribution in [2.75, 3.05) is 7.11 Å². The van der Waals surface area contributed by atoms with Gasteiger partial charge in [0.1, 0.15) is 6.61 Å². The van der Waals surface area contributed by atoms with Gasteiger partial charge in [0.05, 0.1) is 18.7 Å². The van der Waals surface area contributed by atoms with E-state index in [1.54, 1.807) is 6.07 Å². The maximum atomic E-state index is 8.68. The molecule has 13 heavy (non-hydrogen) atoms. The minimum absolute atomic E-state index is 0.406. The molecule has 0 aliphatic carbocycles. The summed E-state index contributed by atoms with van der Waals surface area (Å²) < 4.78 is 0. The molecule has 68 valence electrons. The zero-order valence-electron chi connectivity index (χ0n) is 7.70. The first-order valence-corrected chi connectivity index (χ1v) is 3.93. The van der Waals surface area contributed by atoms with Crippen LogP contribution in [0.25, 0.3) is 0 Å². The Hall–Kier alpha value is -1.37. The van der Waals surface area contributed by atoms with Gasteiger partial charge in [0, 0.05) is 0 Å². The molecule has 0 bridgehead atoms. The SMILES string of the molecule is COOCc1ccc(C#N)c(C)c1. The summed E-state index contributed by atoms with van der Waals surface area (Å²) in [7, 11) is 1.47. The summed E-state index contributed by atoms with van der Waals surface area (Å²) >= 11 is 0. The Balaban J connectivity index is 2.79.